The fraction of sp³-hybridized carbons (Fsp3) is 0.579. The fourth-order valence-electron chi connectivity index (χ4n) is 3.15. The molecule has 0 radical (unpaired) electrons. The number of rotatable bonds is 5. The number of ether oxygens (including phenoxy) is 2. The lowest BCUT2D eigenvalue weighted by atomic mass is 9.93. The molecule has 5 nitrogen and oxygen atoms in total. The molecule has 2 atom stereocenters. The minimum absolute atomic E-state index is 0.0153. The van der Waals surface area contributed by atoms with Gasteiger partial charge in [0.05, 0.1) is 12.7 Å². The summed E-state index contributed by atoms with van der Waals surface area (Å²) in [6.45, 7) is 5.51. The van der Waals surface area contributed by atoms with Gasteiger partial charge < -0.3 is 14.8 Å². The standard InChI is InChI=1S/C19H27NO4/c1-19(2,3)24-18(22)20-15-10-7-8-13(15)12-16(21)14-9-5-6-11-17(14)23-4/h5-6,9,11,13,15H,7-8,10,12H2,1-4H3,(H,20,22)/t13-,15-/m1/s1. The van der Waals surface area contributed by atoms with E-state index in [1.165, 1.54) is 0 Å². The molecule has 0 heterocycles. The third kappa shape index (κ3) is 4.98. The Morgan fingerprint density at radius 2 is 1.92 bits per heavy atom. The lowest BCUT2D eigenvalue weighted by Crippen LogP contribution is -2.41. The monoisotopic (exact) mass is 333 g/mol. The molecule has 1 saturated carbocycles. The highest BCUT2D eigenvalue weighted by atomic mass is 16.6. The summed E-state index contributed by atoms with van der Waals surface area (Å²) >= 11 is 0. The van der Waals surface area contributed by atoms with Crippen molar-refractivity contribution in [1.29, 1.82) is 0 Å². The van der Waals surface area contributed by atoms with E-state index in [1.807, 2.05) is 32.9 Å². The van der Waals surface area contributed by atoms with Crippen LogP contribution in [-0.2, 0) is 4.74 Å². The summed E-state index contributed by atoms with van der Waals surface area (Å²) < 4.78 is 10.6. The molecule has 1 amide bonds. The zero-order chi connectivity index (χ0) is 17.7. The molecule has 1 aliphatic rings. The van der Waals surface area contributed by atoms with Crippen molar-refractivity contribution in [1.82, 2.24) is 5.32 Å². The molecule has 0 aliphatic heterocycles. The summed E-state index contributed by atoms with van der Waals surface area (Å²) in [6, 6.07) is 7.24. The van der Waals surface area contributed by atoms with Crippen molar-refractivity contribution in [2.45, 2.75) is 58.1 Å². The van der Waals surface area contributed by atoms with Gasteiger partial charge in [-0.1, -0.05) is 18.6 Å². The molecule has 0 aromatic heterocycles. The lowest BCUT2D eigenvalue weighted by Gasteiger charge is -2.24. The molecule has 1 aliphatic carbocycles. The molecule has 24 heavy (non-hydrogen) atoms. The van der Waals surface area contributed by atoms with E-state index in [0.29, 0.717) is 17.7 Å². The second kappa shape index (κ2) is 7.69. The molecule has 2 rings (SSSR count). The fourth-order valence-corrected chi connectivity index (χ4v) is 3.15. The van der Waals surface area contributed by atoms with E-state index < -0.39 is 11.7 Å². The second-order valence-corrected chi connectivity index (χ2v) is 7.27. The highest BCUT2D eigenvalue weighted by Crippen LogP contribution is 2.31. The molecule has 0 saturated heterocycles. The van der Waals surface area contributed by atoms with Crippen molar-refractivity contribution in [3.05, 3.63) is 29.8 Å². The van der Waals surface area contributed by atoms with Gasteiger partial charge in [-0.25, -0.2) is 4.79 Å². The van der Waals surface area contributed by atoms with Gasteiger partial charge in [0.25, 0.3) is 0 Å². The molecular formula is C19H27NO4. The predicted molar refractivity (Wildman–Crippen MR) is 92.4 cm³/mol. The minimum Gasteiger partial charge on any atom is -0.496 e. The van der Waals surface area contributed by atoms with E-state index in [0.717, 1.165) is 19.3 Å². The molecule has 5 heteroatoms. The van der Waals surface area contributed by atoms with Crippen molar-refractivity contribution in [2.24, 2.45) is 5.92 Å². The topological polar surface area (TPSA) is 64.6 Å². The number of amides is 1. The van der Waals surface area contributed by atoms with Crippen LogP contribution in [0.1, 0.15) is 56.8 Å². The maximum absolute atomic E-state index is 12.6. The summed E-state index contributed by atoms with van der Waals surface area (Å²) in [5.74, 6) is 0.780. The van der Waals surface area contributed by atoms with Gasteiger partial charge in [-0.3, -0.25) is 4.79 Å². The minimum atomic E-state index is -0.522. The number of carbonyl (C=O) groups excluding carboxylic acids is 2. The van der Waals surface area contributed by atoms with E-state index in [1.54, 1.807) is 19.2 Å². The smallest absolute Gasteiger partial charge is 0.407 e. The van der Waals surface area contributed by atoms with Crippen LogP contribution in [0.25, 0.3) is 0 Å². The summed E-state index contributed by atoms with van der Waals surface area (Å²) in [5.41, 5.74) is 0.0775. The van der Waals surface area contributed by atoms with Gasteiger partial charge in [-0.2, -0.15) is 0 Å². The summed E-state index contributed by atoms with van der Waals surface area (Å²) in [6.07, 6.45) is 2.81. The Hall–Kier alpha value is -2.04. The Morgan fingerprint density at radius 1 is 1.21 bits per heavy atom. The van der Waals surface area contributed by atoms with Crippen LogP contribution >= 0.6 is 0 Å². The van der Waals surface area contributed by atoms with Crippen LogP contribution in [0.3, 0.4) is 0 Å². The van der Waals surface area contributed by atoms with Crippen molar-refractivity contribution in [3.8, 4) is 5.75 Å². The summed E-state index contributed by atoms with van der Waals surface area (Å²) in [7, 11) is 1.56. The largest absolute Gasteiger partial charge is 0.496 e. The van der Waals surface area contributed by atoms with Crippen LogP contribution < -0.4 is 10.1 Å². The Bertz CT molecular complexity index is 591. The average Bonchev–Trinajstić information content (AvgIpc) is 2.92. The number of benzene rings is 1. The van der Waals surface area contributed by atoms with Crippen LogP contribution in [0.5, 0.6) is 5.75 Å². The zero-order valence-corrected chi connectivity index (χ0v) is 14.9. The number of para-hydroxylation sites is 1. The molecule has 1 N–H and O–H groups in total. The highest BCUT2D eigenvalue weighted by Gasteiger charge is 2.32. The molecule has 1 aromatic carbocycles. The Morgan fingerprint density at radius 3 is 2.58 bits per heavy atom. The van der Waals surface area contributed by atoms with E-state index in [9.17, 15) is 9.59 Å². The number of hydrogen-bond donors (Lipinski definition) is 1. The molecule has 132 valence electrons. The molecule has 0 spiro atoms. The summed E-state index contributed by atoms with van der Waals surface area (Å²) in [4.78, 5) is 24.6. The Labute approximate surface area is 143 Å². The van der Waals surface area contributed by atoms with Crippen LogP contribution in [0.4, 0.5) is 4.79 Å². The predicted octanol–water partition coefficient (Wildman–Crippen LogP) is 3.96. The van der Waals surface area contributed by atoms with E-state index >= 15 is 0 Å². The second-order valence-electron chi connectivity index (χ2n) is 7.27. The van der Waals surface area contributed by atoms with Crippen molar-refractivity contribution in [3.63, 3.8) is 0 Å². The first-order valence-corrected chi connectivity index (χ1v) is 8.46. The Kier molecular flexibility index (Phi) is 5.86. The van der Waals surface area contributed by atoms with Crippen molar-refractivity contribution >= 4 is 11.9 Å². The molecule has 1 aromatic rings. The first-order chi connectivity index (χ1) is 11.3. The zero-order valence-electron chi connectivity index (χ0n) is 14.9. The van der Waals surface area contributed by atoms with Gasteiger partial charge in [0, 0.05) is 12.5 Å². The molecule has 1 fully saturated rings. The van der Waals surface area contributed by atoms with Crippen LogP contribution in [0, 0.1) is 5.92 Å². The quantitative estimate of drug-likeness (QED) is 0.828. The number of nitrogens with one attached hydrogen (secondary N) is 1. The normalized spacial score (nSPS) is 20.5. The number of methoxy groups -OCH3 is 1. The maximum Gasteiger partial charge on any atom is 0.407 e. The highest BCUT2D eigenvalue weighted by molar-refractivity contribution is 5.98. The van der Waals surface area contributed by atoms with Crippen LogP contribution in [0.2, 0.25) is 0 Å². The number of carbonyl (C=O) groups is 2. The van der Waals surface area contributed by atoms with Crippen molar-refractivity contribution in [2.75, 3.05) is 7.11 Å². The molecule has 0 bridgehead atoms. The number of hydrogen-bond acceptors (Lipinski definition) is 4. The van der Waals surface area contributed by atoms with Gasteiger partial charge >= 0.3 is 6.09 Å². The van der Waals surface area contributed by atoms with Gasteiger partial charge in [-0.05, 0) is 51.7 Å². The first kappa shape index (κ1) is 18.3. The summed E-state index contributed by atoms with van der Waals surface area (Å²) in [5, 5.41) is 2.93. The SMILES string of the molecule is COc1ccccc1C(=O)C[C@H]1CCC[C@H]1NC(=O)OC(C)(C)C. The van der Waals surface area contributed by atoms with E-state index in [2.05, 4.69) is 5.32 Å². The van der Waals surface area contributed by atoms with Gasteiger partial charge in [0.1, 0.15) is 11.4 Å². The van der Waals surface area contributed by atoms with Gasteiger partial charge in [0.15, 0.2) is 5.78 Å². The van der Waals surface area contributed by atoms with Gasteiger partial charge in [-0.15, -0.1) is 0 Å². The first-order valence-electron chi connectivity index (χ1n) is 8.46. The third-order valence-corrected chi connectivity index (χ3v) is 4.22. The molecule has 0 unspecified atom stereocenters. The van der Waals surface area contributed by atoms with E-state index in [4.69, 9.17) is 9.47 Å². The third-order valence-electron chi connectivity index (χ3n) is 4.22. The van der Waals surface area contributed by atoms with Gasteiger partial charge in [0.2, 0.25) is 0 Å². The lowest BCUT2D eigenvalue weighted by molar-refractivity contribution is 0.0489. The average molecular weight is 333 g/mol. The van der Waals surface area contributed by atoms with Crippen molar-refractivity contribution < 1.29 is 19.1 Å². The number of alkyl carbamates (subject to hydrolysis) is 1. The van der Waals surface area contributed by atoms with Crippen LogP contribution in [0.15, 0.2) is 24.3 Å². The van der Waals surface area contributed by atoms with E-state index in [-0.39, 0.29) is 17.7 Å². The maximum atomic E-state index is 12.6. The molecular weight excluding hydrogens is 306 g/mol. The number of ketones is 1. The number of Topliss-reactive ketones (excluding diaryl/α,β-unsaturated/α-hetero) is 1. The van der Waals surface area contributed by atoms with Crippen LogP contribution in [-0.4, -0.2) is 30.6 Å². The Balaban J connectivity index is 1.98.